The summed E-state index contributed by atoms with van der Waals surface area (Å²) in [6.45, 7) is -0.278. The molecule has 0 aliphatic carbocycles. The zero-order valence-corrected chi connectivity index (χ0v) is 21.0. The SMILES string of the molecule is O=C(COc1ccc2cc(Br)ccc2c1Br)NC(=S)NNC(=O)c1ccc(Cl)cc1Cl. The third-order valence-corrected chi connectivity index (χ3v) is 6.02. The second kappa shape index (κ2) is 10.6. The van der Waals surface area contributed by atoms with Gasteiger partial charge in [-0.1, -0.05) is 51.3 Å². The number of ether oxygens (including phenoxy) is 1. The third-order valence-electron chi connectivity index (χ3n) is 3.96. The fraction of sp³-hybridized carbons (Fsp3) is 0.0500. The number of fused-ring (bicyclic) bond motifs is 1. The van der Waals surface area contributed by atoms with Gasteiger partial charge < -0.3 is 4.74 Å². The molecule has 31 heavy (non-hydrogen) atoms. The molecule has 0 spiro atoms. The molecule has 0 unspecified atom stereocenters. The molecule has 0 saturated heterocycles. The van der Waals surface area contributed by atoms with Crippen molar-refractivity contribution >= 4 is 95.0 Å². The summed E-state index contributed by atoms with van der Waals surface area (Å²) in [4.78, 5) is 24.3. The van der Waals surface area contributed by atoms with Crippen LogP contribution >= 0.6 is 67.3 Å². The van der Waals surface area contributed by atoms with Gasteiger partial charge in [0.1, 0.15) is 5.75 Å². The van der Waals surface area contributed by atoms with Crippen molar-refractivity contribution in [2.24, 2.45) is 0 Å². The van der Waals surface area contributed by atoms with Gasteiger partial charge in [-0.2, -0.15) is 0 Å². The van der Waals surface area contributed by atoms with E-state index in [1.54, 1.807) is 6.07 Å². The highest BCUT2D eigenvalue weighted by molar-refractivity contribution is 9.11. The molecule has 3 N–H and O–H groups in total. The van der Waals surface area contributed by atoms with Crippen LogP contribution in [0.2, 0.25) is 10.0 Å². The Kier molecular flexibility index (Phi) is 8.12. The van der Waals surface area contributed by atoms with Crippen LogP contribution in [0, 0.1) is 0 Å². The predicted molar refractivity (Wildman–Crippen MR) is 133 cm³/mol. The van der Waals surface area contributed by atoms with E-state index in [-0.39, 0.29) is 22.3 Å². The molecule has 6 nitrogen and oxygen atoms in total. The highest BCUT2D eigenvalue weighted by atomic mass is 79.9. The maximum Gasteiger partial charge on any atom is 0.271 e. The minimum atomic E-state index is -0.541. The lowest BCUT2D eigenvalue weighted by molar-refractivity contribution is -0.121. The summed E-state index contributed by atoms with van der Waals surface area (Å²) in [6.07, 6.45) is 0. The van der Waals surface area contributed by atoms with Crippen LogP contribution in [0.5, 0.6) is 5.75 Å². The van der Waals surface area contributed by atoms with Crippen LogP contribution in [0.1, 0.15) is 10.4 Å². The zero-order valence-electron chi connectivity index (χ0n) is 15.5. The molecule has 0 saturated carbocycles. The Morgan fingerprint density at radius 1 is 1.00 bits per heavy atom. The molecule has 0 aromatic heterocycles. The summed E-state index contributed by atoms with van der Waals surface area (Å²) in [5.74, 6) is -0.533. The number of hydrogen-bond donors (Lipinski definition) is 3. The van der Waals surface area contributed by atoms with Crippen molar-refractivity contribution in [1.82, 2.24) is 16.2 Å². The van der Waals surface area contributed by atoms with Crippen molar-refractivity contribution in [3.8, 4) is 5.75 Å². The number of hydrazine groups is 1. The first-order chi connectivity index (χ1) is 14.7. The maximum atomic E-state index is 12.1. The van der Waals surface area contributed by atoms with Gasteiger partial charge in [-0.25, -0.2) is 0 Å². The number of carbonyl (C=O) groups excluding carboxylic acids is 2. The standard InChI is InChI=1S/C20H13Br2Cl2N3O3S/c21-11-2-4-13-10(7-11)1-6-16(18(13)22)30-9-17(28)25-20(31)27-26-19(29)14-5-3-12(23)8-15(14)24/h1-8H,9H2,(H,26,29)(H2,25,27,28,31). The summed E-state index contributed by atoms with van der Waals surface area (Å²) in [6, 6.07) is 13.9. The second-order valence-electron chi connectivity index (χ2n) is 6.11. The number of thiocarbonyl (C=S) groups is 1. The Bertz CT molecular complexity index is 1190. The lowest BCUT2D eigenvalue weighted by atomic mass is 10.1. The van der Waals surface area contributed by atoms with Gasteiger partial charge in [-0.05, 0) is 75.3 Å². The minimum absolute atomic E-state index is 0.102. The third kappa shape index (κ3) is 6.30. The zero-order chi connectivity index (χ0) is 22.5. The number of amides is 2. The highest BCUT2D eigenvalue weighted by Gasteiger charge is 2.13. The van der Waals surface area contributed by atoms with Gasteiger partial charge >= 0.3 is 0 Å². The first kappa shape index (κ1) is 23.7. The van der Waals surface area contributed by atoms with Crippen LogP contribution in [0.25, 0.3) is 10.8 Å². The van der Waals surface area contributed by atoms with Gasteiger partial charge in [-0.15, -0.1) is 0 Å². The Morgan fingerprint density at radius 3 is 2.52 bits per heavy atom. The van der Waals surface area contributed by atoms with E-state index >= 15 is 0 Å². The van der Waals surface area contributed by atoms with E-state index in [2.05, 4.69) is 48.0 Å². The van der Waals surface area contributed by atoms with Crippen molar-refractivity contribution in [3.63, 3.8) is 0 Å². The normalized spacial score (nSPS) is 10.5. The van der Waals surface area contributed by atoms with Crippen LogP contribution in [0.15, 0.2) is 57.5 Å². The Labute approximate surface area is 209 Å². The van der Waals surface area contributed by atoms with E-state index in [9.17, 15) is 9.59 Å². The lowest BCUT2D eigenvalue weighted by Gasteiger charge is -2.13. The fourth-order valence-electron chi connectivity index (χ4n) is 2.55. The number of halogens is 4. The average molecular weight is 606 g/mol. The second-order valence-corrected chi connectivity index (χ2v) is 9.07. The molecule has 11 heteroatoms. The van der Waals surface area contributed by atoms with Gasteiger partial charge in [0.2, 0.25) is 0 Å². The molecule has 3 rings (SSSR count). The van der Waals surface area contributed by atoms with Gasteiger partial charge in [0, 0.05) is 9.50 Å². The largest absolute Gasteiger partial charge is 0.483 e. The van der Waals surface area contributed by atoms with E-state index < -0.39 is 11.8 Å². The minimum Gasteiger partial charge on any atom is -0.483 e. The summed E-state index contributed by atoms with van der Waals surface area (Å²) in [7, 11) is 0. The first-order valence-corrected chi connectivity index (χ1v) is 11.4. The fourth-order valence-corrected chi connectivity index (χ4v) is 4.19. The van der Waals surface area contributed by atoms with Gasteiger partial charge in [0.05, 0.1) is 15.1 Å². The Morgan fingerprint density at radius 2 is 1.77 bits per heavy atom. The summed E-state index contributed by atoms with van der Waals surface area (Å²) < 4.78 is 7.28. The molecule has 0 radical (unpaired) electrons. The van der Waals surface area contributed by atoms with E-state index in [1.807, 2.05) is 24.3 Å². The van der Waals surface area contributed by atoms with E-state index in [1.165, 1.54) is 18.2 Å². The van der Waals surface area contributed by atoms with E-state index in [0.29, 0.717) is 10.8 Å². The molecule has 0 fully saturated rings. The van der Waals surface area contributed by atoms with E-state index in [4.69, 9.17) is 40.2 Å². The van der Waals surface area contributed by atoms with E-state index in [0.717, 1.165) is 19.7 Å². The Hall–Kier alpha value is -1.91. The number of benzene rings is 3. The molecule has 0 heterocycles. The lowest BCUT2D eigenvalue weighted by Crippen LogP contribution is -2.49. The maximum absolute atomic E-state index is 12.1. The molecule has 0 aliphatic heterocycles. The van der Waals surface area contributed by atoms with Crippen LogP contribution < -0.4 is 20.9 Å². The van der Waals surface area contributed by atoms with Crippen molar-refractivity contribution in [2.75, 3.05) is 6.61 Å². The van der Waals surface area contributed by atoms with Crippen LogP contribution in [0.3, 0.4) is 0 Å². The molecule has 0 atom stereocenters. The monoisotopic (exact) mass is 603 g/mol. The molecule has 160 valence electrons. The molecular weight excluding hydrogens is 593 g/mol. The van der Waals surface area contributed by atoms with Crippen LogP contribution in [-0.4, -0.2) is 23.5 Å². The summed E-state index contributed by atoms with van der Waals surface area (Å²) in [5.41, 5.74) is 4.98. The van der Waals surface area contributed by atoms with Crippen LogP contribution in [0.4, 0.5) is 0 Å². The topological polar surface area (TPSA) is 79.5 Å². The number of rotatable bonds is 4. The van der Waals surface area contributed by atoms with Gasteiger partial charge in [0.25, 0.3) is 11.8 Å². The van der Waals surface area contributed by atoms with Gasteiger partial charge in [-0.3, -0.25) is 25.8 Å². The molecule has 3 aromatic carbocycles. The summed E-state index contributed by atoms with van der Waals surface area (Å²) >= 11 is 23.7. The smallest absolute Gasteiger partial charge is 0.271 e. The summed E-state index contributed by atoms with van der Waals surface area (Å²) in [5, 5.41) is 4.86. The van der Waals surface area contributed by atoms with Crippen molar-refractivity contribution in [2.45, 2.75) is 0 Å². The van der Waals surface area contributed by atoms with Gasteiger partial charge in [0.15, 0.2) is 11.7 Å². The van der Waals surface area contributed by atoms with Crippen molar-refractivity contribution in [3.05, 3.63) is 73.1 Å². The molecular formula is C20H13Br2Cl2N3O3S. The molecule has 3 aromatic rings. The molecule has 0 bridgehead atoms. The Balaban J connectivity index is 1.51. The van der Waals surface area contributed by atoms with Crippen molar-refractivity contribution in [1.29, 1.82) is 0 Å². The number of carbonyl (C=O) groups is 2. The number of hydrogen-bond acceptors (Lipinski definition) is 4. The molecule has 0 aliphatic rings. The van der Waals surface area contributed by atoms with Crippen molar-refractivity contribution < 1.29 is 14.3 Å². The highest BCUT2D eigenvalue weighted by Crippen LogP contribution is 2.34. The predicted octanol–water partition coefficient (Wildman–Crippen LogP) is 5.39. The van der Waals surface area contributed by atoms with Crippen LogP contribution in [-0.2, 0) is 4.79 Å². The quantitative estimate of drug-likeness (QED) is 0.275. The molecule has 2 amide bonds. The average Bonchev–Trinajstić information content (AvgIpc) is 2.71. The number of nitrogens with one attached hydrogen (secondary N) is 3. The first-order valence-electron chi connectivity index (χ1n) is 8.60.